The highest BCUT2D eigenvalue weighted by atomic mass is 35.5. The number of nitrogens with one attached hydrogen (secondary N) is 2. The number of halogens is 2. The van der Waals surface area contributed by atoms with Crippen LogP contribution in [-0.2, 0) is 11.2 Å². The third-order valence-electron chi connectivity index (χ3n) is 5.10. The highest BCUT2D eigenvalue weighted by Gasteiger charge is 2.13. The highest BCUT2D eigenvalue weighted by Crippen LogP contribution is 2.34. The summed E-state index contributed by atoms with van der Waals surface area (Å²) < 4.78 is 11.5. The van der Waals surface area contributed by atoms with Crippen LogP contribution in [0.5, 0.6) is 11.5 Å². The van der Waals surface area contributed by atoms with Crippen LogP contribution in [0.1, 0.15) is 5.56 Å². The van der Waals surface area contributed by atoms with Crippen LogP contribution in [0.25, 0.3) is 0 Å². The third kappa shape index (κ3) is 6.92. The van der Waals surface area contributed by atoms with E-state index in [0.717, 1.165) is 17.0 Å². The van der Waals surface area contributed by atoms with Crippen molar-refractivity contribution >= 4 is 46.2 Å². The molecule has 4 aromatic rings. The number of amides is 1. The molecule has 7 heteroatoms. The minimum Gasteiger partial charge on any atom is -0.490 e. The number of ether oxygens (including phenoxy) is 2. The Balaban J connectivity index is 1.38. The lowest BCUT2D eigenvalue weighted by molar-refractivity contribution is -0.115. The van der Waals surface area contributed by atoms with Gasteiger partial charge in [-0.2, -0.15) is 0 Å². The fourth-order valence-corrected chi connectivity index (χ4v) is 3.93. The van der Waals surface area contributed by atoms with Gasteiger partial charge < -0.3 is 20.1 Å². The smallest absolute Gasteiger partial charge is 0.228 e. The lowest BCUT2D eigenvalue weighted by Gasteiger charge is -2.15. The fourth-order valence-electron chi connectivity index (χ4n) is 3.44. The molecule has 0 aromatic heterocycles. The normalized spacial score (nSPS) is 10.5. The van der Waals surface area contributed by atoms with Gasteiger partial charge in [0.05, 0.1) is 27.8 Å². The summed E-state index contributed by atoms with van der Waals surface area (Å²) in [5.41, 5.74) is 2.74. The van der Waals surface area contributed by atoms with E-state index < -0.39 is 0 Å². The second kappa shape index (κ2) is 12.2. The van der Waals surface area contributed by atoms with Crippen LogP contribution in [0.3, 0.4) is 0 Å². The van der Waals surface area contributed by atoms with Crippen LogP contribution < -0.4 is 20.1 Å². The number of hydrogen-bond acceptors (Lipinski definition) is 4. The molecule has 0 saturated heterocycles. The summed E-state index contributed by atoms with van der Waals surface area (Å²) in [6.07, 6.45) is 0.150. The number of benzene rings is 4. The summed E-state index contributed by atoms with van der Waals surface area (Å²) in [7, 11) is 0. The molecule has 0 spiro atoms. The van der Waals surface area contributed by atoms with Crippen LogP contribution in [0.4, 0.5) is 17.1 Å². The molecular weight excluding hydrogens is 483 g/mol. The summed E-state index contributed by atoms with van der Waals surface area (Å²) >= 11 is 12.6. The predicted molar refractivity (Wildman–Crippen MR) is 142 cm³/mol. The molecule has 5 nitrogen and oxygen atoms in total. The average molecular weight is 507 g/mol. The van der Waals surface area contributed by atoms with Gasteiger partial charge >= 0.3 is 0 Å². The van der Waals surface area contributed by atoms with Gasteiger partial charge in [0.15, 0.2) is 0 Å². The quantitative estimate of drug-likeness (QED) is 0.220. The molecule has 0 bridgehead atoms. The minimum absolute atomic E-state index is 0.150. The molecule has 4 aromatic carbocycles. The van der Waals surface area contributed by atoms with Crippen molar-refractivity contribution in [2.45, 2.75) is 6.42 Å². The number of rotatable bonds is 10. The van der Waals surface area contributed by atoms with E-state index in [2.05, 4.69) is 10.6 Å². The lowest BCUT2D eigenvalue weighted by atomic mass is 10.1. The SMILES string of the molecule is O=C(Cc1ccccc1Nc1c(Cl)cccc1Cl)Nc1ccccc1OCCOc1ccccc1. The van der Waals surface area contributed by atoms with Crippen LogP contribution in [-0.4, -0.2) is 19.1 Å². The van der Waals surface area contributed by atoms with Crippen molar-refractivity contribution in [2.24, 2.45) is 0 Å². The maximum Gasteiger partial charge on any atom is 0.228 e. The molecule has 0 heterocycles. The molecule has 0 saturated carbocycles. The largest absolute Gasteiger partial charge is 0.490 e. The van der Waals surface area contributed by atoms with E-state index in [1.807, 2.05) is 72.8 Å². The molecule has 0 fully saturated rings. The molecule has 35 heavy (non-hydrogen) atoms. The van der Waals surface area contributed by atoms with Crippen LogP contribution in [0.2, 0.25) is 10.0 Å². The van der Waals surface area contributed by atoms with Crippen LogP contribution >= 0.6 is 23.2 Å². The van der Waals surface area contributed by atoms with Gasteiger partial charge in [0.2, 0.25) is 5.91 Å². The molecule has 0 aliphatic carbocycles. The maximum atomic E-state index is 12.9. The zero-order chi connectivity index (χ0) is 24.5. The van der Waals surface area contributed by atoms with Gasteiger partial charge in [-0.05, 0) is 48.0 Å². The fraction of sp³-hybridized carbons (Fsp3) is 0.107. The molecule has 2 N–H and O–H groups in total. The van der Waals surface area contributed by atoms with Crippen molar-refractivity contribution in [1.82, 2.24) is 0 Å². The first-order valence-corrected chi connectivity index (χ1v) is 11.8. The van der Waals surface area contributed by atoms with E-state index in [9.17, 15) is 4.79 Å². The standard InChI is InChI=1S/C28H24Cl2N2O3/c29-22-12-8-13-23(30)28(22)32-24-14-5-4-9-20(24)19-27(33)31-25-15-6-7-16-26(25)35-18-17-34-21-10-2-1-3-11-21/h1-16,32H,17-19H2,(H,31,33). The Morgan fingerprint density at radius 2 is 1.31 bits per heavy atom. The second-order valence-electron chi connectivity index (χ2n) is 7.61. The molecular formula is C28H24Cl2N2O3. The van der Waals surface area contributed by atoms with Gasteiger partial charge in [0.25, 0.3) is 0 Å². The molecule has 0 aliphatic heterocycles. The number of carbonyl (C=O) groups excluding carboxylic acids is 1. The predicted octanol–water partition coefficient (Wildman–Crippen LogP) is 7.38. The zero-order valence-corrected chi connectivity index (χ0v) is 20.4. The Bertz CT molecular complexity index is 1260. The Labute approximate surface area is 214 Å². The second-order valence-corrected chi connectivity index (χ2v) is 8.42. The topological polar surface area (TPSA) is 59.6 Å². The molecule has 178 valence electrons. The van der Waals surface area contributed by atoms with Gasteiger partial charge in [-0.3, -0.25) is 4.79 Å². The average Bonchev–Trinajstić information content (AvgIpc) is 2.87. The van der Waals surface area contributed by atoms with E-state index in [0.29, 0.717) is 40.4 Å². The first-order chi connectivity index (χ1) is 17.1. The van der Waals surface area contributed by atoms with E-state index >= 15 is 0 Å². The van der Waals surface area contributed by atoms with Gasteiger partial charge in [0, 0.05) is 5.69 Å². The number of carbonyl (C=O) groups is 1. The molecule has 4 rings (SSSR count). The first-order valence-electron chi connectivity index (χ1n) is 11.1. The Morgan fingerprint density at radius 3 is 2.09 bits per heavy atom. The molecule has 1 amide bonds. The van der Waals surface area contributed by atoms with E-state index in [1.165, 1.54) is 0 Å². The first kappa shape index (κ1) is 24.5. The maximum absolute atomic E-state index is 12.9. The third-order valence-corrected chi connectivity index (χ3v) is 5.73. The van der Waals surface area contributed by atoms with Gasteiger partial charge in [-0.15, -0.1) is 0 Å². The van der Waals surface area contributed by atoms with Crippen molar-refractivity contribution in [3.05, 3.63) is 113 Å². The number of anilines is 3. The summed E-state index contributed by atoms with van der Waals surface area (Å²) in [6, 6.07) is 29.7. The zero-order valence-electron chi connectivity index (χ0n) is 18.8. The monoisotopic (exact) mass is 506 g/mol. The summed E-state index contributed by atoms with van der Waals surface area (Å²) in [6.45, 7) is 0.725. The Kier molecular flexibility index (Phi) is 8.49. The molecule has 0 aliphatic rings. The minimum atomic E-state index is -0.180. The van der Waals surface area contributed by atoms with Crippen molar-refractivity contribution in [2.75, 3.05) is 23.8 Å². The summed E-state index contributed by atoms with van der Waals surface area (Å²) in [5, 5.41) is 7.20. The Morgan fingerprint density at radius 1 is 0.686 bits per heavy atom. The van der Waals surface area contributed by atoms with Gasteiger partial charge in [0.1, 0.15) is 24.7 Å². The van der Waals surface area contributed by atoms with Crippen molar-refractivity contribution in [1.29, 1.82) is 0 Å². The highest BCUT2D eigenvalue weighted by molar-refractivity contribution is 6.39. The molecule has 0 atom stereocenters. The van der Waals surface area contributed by atoms with E-state index in [1.54, 1.807) is 24.3 Å². The summed E-state index contributed by atoms with van der Waals surface area (Å²) in [5.74, 6) is 1.18. The van der Waals surface area contributed by atoms with Gasteiger partial charge in [-0.25, -0.2) is 0 Å². The van der Waals surface area contributed by atoms with Gasteiger partial charge in [-0.1, -0.05) is 77.8 Å². The number of hydrogen-bond donors (Lipinski definition) is 2. The van der Waals surface area contributed by atoms with Crippen molar-refractivity contribution < 1.29 is 14.3 Å². The summed E-state index contributed by atoms with van der Waals surface area (Å²) in [4.78, 5) is 12.9. The molecule has 0 unspecified atom stereocenters. The van der Waals surface area contributed by atoms with Crippen molar-refractivity contribution in [3.8, 4) is 11.5 Å². The molecule has 0 radical (unpaired) electrons. The van der Waals surface area contributed by atoms with Crippen LogP contribution in [0.15, 0.2) is 97.1 Å². The lowest BCUT2D eigenvalue weighted by Crippen LogP contribution is -2.17. The van der Waals surface area contributed by atoms with Crippen LogP contribution in [0, 0.1) is 0 Å². The van der Waals surface area contributed by atoms with E-state index in [4.69, 9.17) is 32.7 Å². The Hall–Kier alpha value is -3.67. The van der Waals surface area contributed by atoms with E-state index in [-0.39, 0.29) is 12.3 Å². The van der Waals surface area contributed by atoms with Crippen molar-refractivity contribution in [3.63, 3.8) is 0 Å². The number of para-hydroxylation sites is 5.